The van der Waals surface area contributed by atoms with Crippen LogP contribution in [0.15, 0.2) is 6.20 Å². The summed E-state index contributed by atoms with van der Waals surface area (Å²) in [5, 5.41) is 4.62. The van der Waals surface area contributed by atoms with Gasteiger partial charge in [-0.1, -0.05) is 20.8 Å². The van der Waals surface area contributed by atoms with E-state index in [0.29, 0.717) is 6.04 Å². The number of hydrogen-bond acceptors (Lipinski definition) is 2. The molecule has 1 aliphatic rings. The molecular weight excluding hydrogens is 198 g/mol. The lowest BCUT2D eigenvalue weighted by atomic mass is 10.1. The van der Waals surface area contributed by atoms with Crippen molar-refractivity contribution in [2.24, 2.45) is 0 Å². The van der Waals surface area contributed by atoms with Crippen LogP contribution in [0.3, 0.4) is 0 Å². The van der Waals surface area contributed by atoms with Crippen LogP contribution in [-0.2, 0) is 13.0 Å². The van der Waals surface area contributed by atoms with Crippen molar-refractivity contribution in [1.82, 2.24) is 14.7 Å². The van der Waals surface area contributed by atoms with E-state index in [1.54, 1.807) is 0 Å². The predicted molar refractivity (Wildman–Crippen MR) is 68.6 cm³/mol. The number of rotatable bonds is 2. The first kappa shape index (κ1) is 13.2. The second-order valence-electron chi connectivity index (χ2n) is 4.29. The molecule has 1 aromatic rings. The summed E-state index contributed by atoms with van der Waals surface area (Å²) < 4.78 is 2.09. The Bertz CT molecular complexity index is 315. The Balaban J connectivity index is 0.000000606. The smallest absolute Gasteiger partial charge is 0.0797 e. The standard InChI is InChI=1S/C11H19N3.C2H6/c1-4-13-6-5-10-7-14(9(2)3)12-11(10)8-13;1-2/h7,9H,4-6,8H2,1-3H3;1-2H3. The van der Waals surface area contributed by atoms with Crippen molar-refractivity contribution < 1.29 is 0 Å². The minimum atomic E-state index is 0.482. The van der Waals surface area contributed by atoms with E-state index in [1.165, 1.54) is 17.8 Å². The molecule has 0 saturated carbocycles. The van der Waals surface area contributed by atoms with Gasteiger partial charge in [-0.2, -0.15) is 5.10 Å². The molecule has 2 rings (SSSR count). The highest BCUT2D eigenvalue weighted by atomic mass is 15.3. The van der Waals surface area contributed by atoms with Crippen LogP contribution in [0.5, 0.6) is 0 Å². The Morgan fingerprint density at radius 3 is 2.62 bits per heavy atom. The SMILES string of the molecule is CC.CCN1CCc2cn(C(C)C)nc2C1. The lowest BCUT2D eigenvalue weighted by Crippen LogP contribution is -2.29. The van der Waals surface area contributed by atoms with Gasteiger partial charge in [-0.25, -0.2) is 0 Å². The topological polar surface area (TPSA) is 21.1 Å². The van der Waals surface area contributed by atoms with E-state index in [0.717, 1.165) is 19.5 Å². The number of likely N-dealkylation sites (N-methyl/N-ethyl adjacent to an activating group) is 1. The number of aromatic nitrogens is 2. The fourth-order valence-electron chi connectivity index (χ4n) is 1.91. The Morgan fingerprint density at radius 1 is 1.38 bits per heavy atom. The average molecular weight is 223 g/mol. The Hall–Kier alpha value is -0.830. The van der Waals surface area contributed by atoms with Crippen molar-refractivity contribution in [3.05, 3.63) is 17.5 Å². The summed E-state index contributed by atoms with van der Waals surface area (Å²) in [5.41, 5.74) is 2.73. The van der Waals surface area contributed by atoms with Gasteiger partial charge in [-0.3, -0.25) is 9.58 Å². The summed E-state index contributed by atoms with van der Waals surface area (Å²) in [6.45, 7) is 13.9. The van der Waals surface area contributed by atoms with Gasteiger partial charge in [0.1, 0.15) is 0 Å². The summed E-state index contributed by atoms with van der Waals surface area (Å²) >= 11 is 0. The third-order valence-corrected chi connectivity index (χ3v) is 2.94. The van der Waals surface area contributed by atoms with E-state index < -0.39 is 0 Å². The molecule has 16 heavy (non-hydrogen) atoms. The molecule has 0 fully saturated rings. The van der Waals surface area contributed by atoms with Crippen LogP contribution in [0.25, 0.3) is 0 Å². The Kier molecular flexibility index (Phi) is 5.00. The summed E-state index contributed by atoms with van der Waals surface area (Å²) in [6.07, 6.45) is 3.38. The van der Waals surface area contributed by atoms with E-state index >= 15 is 0 Å². The number of hydrogen-bond donors (Lipinski definition) is 0. The van der Waals surface area contributed by atoms with E-state index in [-0.39, 0.29) is 0 Å². The van der Waals surface area contributed by atoms with Crippen molar-refractivity contribution in [1.29, 1.82) is 0 Å². The van der Waals surface area contributed by atoms with E-state index in [2.05, 4.69) is 41.6 Å². The van der Waals surface area contributed by atoms with Crippen molar-refractivity contribution in [3.63, 3.8) is 0 Å². The van der Waals surface area contributed by atoms with Gasteiger partial charge < -0.3 is 0 Å². The third-order valence-electron chi connectivity index (χ3n) is 2.94. The zero-order chi connectivity index (χ0) is 12.1. The highest BCUT2D eigenvalue weighted by Gasteiger charge is 2.18. The lowest BCUT2D eigenvalue weighted by molar-refractivity contribution is 0.264. The molecule has 3 nitrogen and oxygen atoms in total. The Morgan fingerprint density at radius 2 is 2.06 bits per heavy atom. The van der Waals surface area contributed by atoms with Gasteiger partial charge in [-0.15, -0.1) is 0 Å². The molecule has 0 amide bonds. The van der Waals surface area contributed by atoms with Crippen LogP contribution in [0.1, 0.15) is 51.9 Å². The van der Waals surface area contributed by atoms with Gasteiger partial charge in [0.25, 0.3) is 0 Å². The van der Waals surface area contributed by atoms with E-state index in [1.807, 2.05) is 13.8 Å². The minimum absolute atomic E-state index is 0.482. The van der Waals surface area contributed by atoms with Gasteiger partial charge in [0.2, 0.25) is 0 Å². The molecule has 0 aliphatic carbocycles. The quantitative estimate of drug-likeness (QED) is 0.768. The minimum Gasteiger partial charge on any atom is -0.297 e. The molecule has 0 saturated heterocycles. The lowest BCUT2D eigenvalue weighted by Gasteiger charge is -2.23. The van der Waals surface area contributed by atoms with Crippen molar-refractivity contribution >= 4 is 0 Å². The van der Waals surface area contributed by atoms with E-state index in [4.69, 9.17) is 0 Å². The molecule has 3 heteroatoms. The fourth-order valence-corrected chi connectivity index (χ4v) is 1.91. The predicted octanol–water partition coefficient (Wildman–Crippen LogP) is 2.87. The van der Waals surface area contributed by atoms with Crippen LogP contribution >= 0.6 is 0 Å². The molecule has 92 valence electrons. The molecule has 0 N–H and O–H groups in total. The van der Waals surface area contributed by atoms with Crippen molar-refractivity contribution in [2.45, 2.75) is 53.6 Å². The molecule has 2 heterocycles. The first-order valence-electron chi connectivity index (χ1n) is 6.50. The normalized spacial score (nSPS) is 15.6. The van der Waals surface area contributed by atoms with Crippen LogP contribution in [0.2, 0.25) is 0 Å². The number of nitrogens with zero attached hydrogens (tertiary/aromatic N) is 3. The molecule has 0 radical (unpaired) electrons. The molecule has 0 atom stereocenters. The largest absolute Gasteiger partial charge is 0.297 e. The summed E-state index contributed by atoms with van der Waals surface area (Å²) in [4.78, 5) is 2.44. The van der Waals surface area contributed by atoms with Crippen LogP contribution in [-0.4, -0.2) is 27.8 Å². The van der Waals surface area contributed by atoms with Crippen LogP contribution in [0, 0.1) is 0 Å². The summed E-state index contributed by atoms with van der Waals surface area (Å²) in [5.74, 6) is 0. The molecular formula is C13H25N3. The maximum absolute atomic E-state index is 4.62. The van der Waals surface area contributed by atoms with Crippen LogP contribution in [0.4, 0.5) is 0 Å². The maximum atomic E-state index is 4.62. The summed E-state index contributed by atoms with van der Waals surface area (Å²) in [6, 6.07) is 0.482. The molecule has 0 unspecified atom stereocenters. The second kappa shape index (κ2) is 6.04. The molecule has 0 bridgehead atoms. The summed E-state index contributed by atoms with van der Waals surface area (Å²) in [7, 11) is 0. The zero-order valence-corrected chi connectivity index (χ0v) is 11.3. The highest BCUT2D eigenvalue weighted by Crippen LogP contribution is 2.18. The maximum Gasteiger partial charge on any atom is 0.0797 e. The first-order valence-corrected chi connectivity index (χ1v) is 6.50. The van der Waals surface area contributed by atoms with Crippen molar-refractivity contribution in [2.75, 3.05) is 13.1 Å². The molecule has 0 aromatic carbocycles. The van der Waals surface area contributed by atoms with Gasteiger partial charge in [0.15, 0.2) is 0 Å². The van der Waals surface area contributed by atoms with E-state index in [9.17, 15) is 0 Å². The van der Waals surface area contributed by atoms with Gasteiger partial charge in [0.05, 0.1) is 5.69 Å². The van der Waals surface area contributed by atoms with Crippen LogP contribution < -0.4 is 0 Å². The second-order valence-corrected chi connectivity index (χ2v) is 4.29. The van der Waals surface area contributed by atoms with Gasteiger partial charge in [0, 0.05) is 25.3 Å². The first-order chi connectivity index (χ1) is 7.70. The van der Waals surface area contributed by atoms with Gasteiger partial charge >= 0.3 is 0 Å². The highest BCUT2D eigenvalue weighted by molar-refractivity contribution is 5.20. The monoisotopic (exact) mass is 223 g/mol. The third kappa shape index (κ3) is 2.85. The fraction of sp³-hybridized carbons (Fsp3) is 0.769. The number of fused-ring (bicyclic) bond motifs is 1. The van der Waals surface area contributed by atoms with Gasteiger partial charge in [-0.05, 0) is 32.4 Å². The molecule has 1 aromatic heterocycles. The average Bonchev–Trinajstić information content (AvgIpc) is 2.74. The zero-order valence-electron chi connectivity index (χ0n) is 11.3. The molecule has 0 spiro atoms. The molecule has 1 aliphatic heterocycles. The van der Waals surface area contributed by atoms with Crippen molar-refractivity contribution in [3.8, 4) is 0 Å². The Labute approximate surface area is 99.4 Å².